The number of urea groups is 1. The summed E-state index contributed by atoms with van der Waals surface area (Å²) in [4.78, 5) is 174. The van der Waals surface area contributed by atoms with Gasteiger partial charge in [-0.2, -0.15) is 14.4 Å². The Hall–Kier alpha value is -14.7. The fourth-order valence-corrected chi connectivity index (χ4v) is 20.5. The molecule has 0 spiro atoms. The van der Waals surface area contributed by atoms with Gasteiger partial charge in [-0.3, -0.25) is 28.8 Å². The SMILES string of the molecule is CC(C)(C)NC(=O)N[C@@H]1CCCCC/C=C\[C@@H]2C[C@]2(C(=O)O)NC(=O)[C@@H]2C[C@H](n3nnc(-c4ccccc4)n3)CN2C1=O.CC(C)(C)OC(=O)N[C@@H]1CCCCCCC[C@@H]2C[C@]2(C(=O)O)NC(=O)[C@@H]2CC(n3nnc(-c4cccc(Oc5ccccc5)c4)n3)CN2C1=O.CC(C)(C)OC(=O)N[C@@H]1CCCCCCC[C@@H]2C[C@]2(C(=O)O)NC(=O)[C@@H]2C[C@@H](n3nnc(-c4cc(-c5ccccc5)nc5ccccc45)n3)CN2C1=O. The largest absolute Gasteiger partial charge is 0.479 e. The summed E-state index contributed by atoms with van der Waals surface area (Å²) in [5.41, 5.74) is -1.57. The lowest BCUT2D eigenvalue weighted by Gasteiger charge is -2.30. The molecule has 3 saturated carbocycles. The second kappa shape index (κ2) is 44.5. The molecule has 10 N–H and O–H groups in total. The maximum atomic E-state index is 14.4. The quantitative estimate of drug-likeness (QED) is 0.0426. The third-order valence-corrected chi connectivity index (χ3v) is 28.3. The predicted octanol–water partition coefficient (Wildman–Crippen LogP) is 12.6. The summed E-state index contributed by atoms with van der Waals surface area (Å²) in [5.74, 6) is -4.48. The number of allylic oxidation sites excluding steroid dienone is 1. The number of amides is 10. The molecule has 6 aliphatic heterocycles. The Balaban J connectivity index is 0.000000158. The van der Waals surface area contributed by atoms with Crippen LogP contribution in [0.25, 0.3) is 56.3 Å². The zero-order chi connectivity index (χ0) is 104. The van der Waals surface area contributed by atoms with Crippen molar-refractivity contribution in [1.29, 1.82) is 0 Å². The fraction of sp³-hybridized carbons (Fsp3) is 0.524. The molecule has 146 heavy (non-hydrogen) atoms. The van der Waals surface area contributed by atoms with Crippen LogP contribution in [0, 0.1) is 17.8 Å². The monoisotopic (exact) mass is 2000 g/mol. The summed E-state index contributed by atoms with van der Waals surface area (Å²) < 4.78 is 17.0. The zero-order valence-electron chi connectivity index (χ0n) is 83.9. The van der Waals surface area contributed by atoms with E-state index in [0.29, 0.717) is 98.7 Å². The van der Waals surface area contributed by atoms with Crippen LogP contribution in [-0.4, -0.2) is 256 Å². The van der Waals surface area contributed by atoms with Gasteiger partial charge in [-0.05, 0) is 190 Å². The van der Waals surface area contributed by atoms with E-state index in [1.807, 2.05) is 172 Å². The van der Waals surface area contributed by atoms with Crippen molar-refractivity contribution in [2.45, 2.75) is 311 Å². The van der Waals surface area contributed by atoms with Crippen LogP contribution < -0.4 is 42.0 Å². The average molecular weight is 2000 g/mol. The van der Waals surface area contributed by atoms with Crippen LogP contribution in [0.15, 0.2) is 158 Å². The van der Waals surface area contributed by atoms with Gasteiger partial charge in [-0.1, -0.05) is 198 Å². The fourth-order valence-electron chi connectivity index (χ4n) is 20.5. The number of nitrogens with zero attached hydrogens (tertiary/aromatic N) is 16. The van der Waals surface area contributed by atoms with Crippen LogP contribution in [-0.2, 0) is 52.6 Å². The van der Waals surface area contributed by atoms with Gasteiger partial charge in [0.05, 0.1) is 29.3 Å². The average Bonchev–Trinajstić information content (AvgIpc) is 1.58. The van der Waals surface area contributed by atoms with Crippen molar-refractivity contribution in [2.24, 2.45) is 17.8 Å². The Morgan fingerprint density at radius 1 is 0.418 bits per heavy atom. The van der Waals surface area contributed by atoms with Gasteiger partial charge in [0.1, 0.15) is 75.6 Å². The summed E-state index contributed by atoms with van der Waals surface area (Å²) in [5, 5.41) is 90.7. The number of hydrogen-bond acceptors (Lipinski definition) is 25. The number of carbonyl (C=O) groups excluding carboxylic acids is 9. The van der Waals surface area contributed by atoms with E-state index >= 15 is 0 Å². The molecule has 774 valence electrons. The maximum Gasteiger partial charge on any atom is 0.408 e. The topological polar surface area (TPSA) is 531 Å². The number of carboxylic acids is 3. The van der Waals surface area contributed by atoms with E-state index in [0.717, 1.165) is 104 Å². The second-order valence-corrected chi connectivity index (χ2v) is 42.7. The molecule has 1 unspecified atom stereocenters. The molecule has 9 aliphatic rings. The smallest absolute Gasteiger partial charge is 0.408 e. The minimum Gasteiger partial charge on any atom is -0.479 e. The number of aromatic nitrogens is 13. The number of fused-ring (bicyclic) bond motifs is 7. The number of para-hydroxylation sites is 2. The summed E-state index contributed by atoms with van der Waals surface area (Å²) in [6.07, 6.45) is 17.9. The molecular weight excluding hydrogens is 1870 g/mol. The molecule has 5 saturated heterocycles. The molecule has 0 radical (unpaired) electrons. The molecule has 9 aromatic rings. The molecule has 10 amide bonds. The number of ether oxygens (including phenoxy) is 3. The van der Waals surface area contributed by atoms with E-state index in [1.54, 1.807) is 47.6 Å². The van der Waals surface area contributed by atoms with Gasteiger partial charge in [0.25, 0.3) is 0 Å². The summed E-state index contributed by atoms with van der Waals surface area (Å²) in [6, 6.07) is 37.6. The number of pyridine rings is 1. The highest BCUT2D eigenvalue weighted by Gasteiger charge is 2.65. The van der Waals surface area contributed by atoms with Gasteiger partial charge in [0, 0.05) is 78.0 Å². The van der Waals surface area contributed by atoms with Crippen molar-refractivity contribution in [3.63, 3.8) is 0 Å². The van der Waals surface area contributed by atoms with E-state index in [9.17, 15) is 72.9 Å². The summed E-state index contributed by atoms with van der Waals surface area (Å²) >= 11 is 0. The predicted molar refractivity (Wildman–Crippen MR) is 533 cm³/mol. The number of carbonyl (C=O) groups is 12. The van der Waals surface area contributed by atoms with Crippen molar-refractivity contribution in [1.82, 2.24) is 118 Å². The highest BCUT2D eigenvalue weighted by Crippen LogP contribution is 2.51. The first kappa shape index (κ1) is 104. The molecule has 4 aromatic heterocycles. The van der Waals surface area contributed by atoms with Crippen LogP contribution in [0.2, 0.25) is 0 Å². The number of tetrazole rings is 3. The summed E-state index contributed by atoms with van der Waals surface area (Å²) in [7, 11) is 0. The summed E-state index contributed by atoms with van der Waals surface area (Å²) in [6.45, 7) is 16.2. The van der Waals surface area contributed by atoms with Crippen molar-refractivity contribution < 1.29 is 87.1 Å². The Labute approximate surface area is 845 Å². The number of rotatable bonds is 15. The van der Waals surface area contributed by atoms with E-state index in [1.165, 1.54) is 29.1 Å². The molecule has 5 aromatic carbocycles. The maximum absolute atomic E-state index is 14.4. The van der Waals surface area contributed by atoms with E-state index in [4.69, 9.17) is 24.3 Å². The van der Waals surface area contributed by atoms with Crippen LogP contribution in [0.1, 0.15) is 241 Å². The van der Waals surface area contributed by atoms with Gasteiger partial charge in [-0.25, -0.2) is 33.8 Å². The molecule has 0 bridgehead atoms. The molecule has 18 rings (SSSR count). The molecule has 41 heteroatoms. The lowest BCUT2D eigenvalue weighted by Crippen LogP contribution is -2.58. The minimum absolute atomic E-state index is 0.0507. The third kappa shape index (κ3) is 25.3. The first-order valence-corrected chi connectivity index (χ1v) is 50.9. The molecular formula is C105H131N23O18. The third-order valence-electron chi connectivity index (χ3n) is 28.3. The number of hydrogen-bond donors (Lipinski definition) is 10. The molecule has 15 atom stereocenters. The van der Waals surface area contributed by atoms with Crippen LogP contribution in [0.3, 0.4) is 0 Å². The van der Waals surface area contributed by atoms with Crippen molar-refractivity contribution in [3.8, 4) is 56.9 Å². The standard InChI is InChI=1S/C39H46N8O6.C36H45N7O7.C30H40N8O5/c1-38(2,3)53-37(52)41-30-19-11-6-4-5-10-16-25-22-39(25,36(50)51)42-34(48)32-20-26(23-46(32)35(30)49)47-44-33(43-45-47)28-21-31(24-14-8-7-9-15-24)40-29-18-13-12-17-27(28)29;1-35(2,3)50-34(48)37-28-18-11-6-4-5-8-14-24-21-36(24,33(46)47)38-31(44)29-20-25(22-42(29)32(28)45)43-40-30(39-41-43)23-13-12-17-27(19-23)49-26-15-9-7-10-16-26;1-29(2,3)33-28(43)31-22-15-11-6-4-5-10-14-20-17-30(20,27(41)42)32-25(39)23-16-21(18-37(23)26(22)40)38-35-24(34-36-38)19-12-8-7-9-13-19/h7-9,12-15,17-18,21,25-26,30,32H,4-6,10-11,16,19-20,22-23H2,1-3H3,(H,41,52)(H,42,48)(H,50,51);7,9-10,12-13,15-17,19,24-25,28-29H,4-6,8,11,14,18,20-22H2,1-3H3,(H,37,48)(H,38,44)(H,46,47);7-10,12-14,20-23H,4-6,11,15-18H2,1-3H3,(H,32,39)(H,41,42)(H2,31,33,43)/b;;14-10-/t25-,26-,30-,32+,39+;24-,25?,28-,29+,36+;20-,21+,22-,23+,30+/m111/s1. The lowest BCUT2D eigenvalue weighted by atomic mass is 10.0. The first-order valence-electron chi connectivity index (χ1n) is 50.9. The van der Waals surface area contributed by atoms with Gasteiger partial charge in [0.15, 0.2) is 0 Å². The van der Waals surface area contributed by atoms with Gasteiger partial charge < -0.3 is 81.4 Å². The molecule has 10 heterocycles. The van der Waals surface area contributed by atoms with Crippen LogP contribution >= 0.6 is 0 Å². The van der Waals surface area contributed by atoms with Crippen molar-refractivity contribution in [2.75, 3.05) is 19.6 Å². The molecule has 8 fully saturated rings. The number of carboxylic acid groups (broad SMARTS) is 3. The lowest BCUT2D eigenvalue weighted by molar-refractivity contribution is -0.146. The van der Waals surface area contributed by atoms with Gasteiger partial charge in [0.2, 0.25) is 52.9 Å². The van der Waals surface area contributed by atoms with E-state index in [-0.39, 0.29) is 63.1 Å². The Morgan fingerprint density at radius 2 is 0.815 bits per heavy atom. The number of aliphatic carboxylic acids is 3. The highest BCUT2D eigenvalue weighted by molar-refractivity contribution is 6.00. The van der Waals surface area contributed by atoms with Crippen molar-refractivity contribution >= 4 is 82.5 Å². The highest BCUT2D eigenvalue weighted by atomic mass is 16.6. The normalized spacial score (nSPS) is 26.6. The van der Waals surface area contributed by atoms with Crippen LogP contribution in [0.4, 0.5) is 14.4 Å². The Kier molecular flexibility index (Phi) is 31.7. The number of nitrogens with one attached hydrogen (secondary N) is 7. The van der Waals surface area contributed by atoms with E-state index in [2.05, 4.69) is 78.4 Å². The zero-order valence-corrected chi connectivity index (χ0v) is 83.9. The van der Waals surface area contributed by atoms with Crippen LogP contribution in [0.5, 0.6) is 11.5 Å². The van der Waals surface area contributed by atoms with Gasteiger partial charge in [-0.15, -0.1) is 30.6 Å². The number of benzene rings is 5. The minimum atomic E-state index is -1.41. The second-order valence-electron chi connectivity index (χ2n) is 42.7. The Morgan fingerprint density at radius 3 is 1.29 bits per heavy atom. The molecule has 3 aliphatic carbocycles. The molecule has 41 nitrogen and oxygen atoms in total. The first-order chi connectivity index (χ1) is 69.8. The van der Waals surface area contributed by atoms with Gasteiger partial charge >= 0.3 is 36.1 Å². The van der Waals surface area contributed by atoms with E-state index < -0.39 is 159 Å². The van der Waals surface area contributed by atoms with Crippen molar-refractivity contribution in [3.05, 3.63) is 158 Å². The Bertz CT molecular complexity index is 6280. The number of alkyl carbamates (subject to hydrolysis) is 2.